The molecule has 1 aromatic heterocycles. The molecule has 3 fully saturated rings. The molecule has 0 bridgehead atoms. The van der Waals surface area contributed by atoms with Gasteiger partial charge in [0.2, 0.25) is 23.6 Å². The summed E-state index contributed by atoms with van der Waals surface area (Å²) in [5.41, 5.74) is 2.14. The molecule has 0 aliphatic carbocycles. The van der Waals surface area contributed by atoms with Gasteiger partial charge in [0, 0.05) is 25.2 Å². The molecule has 4 heterocycles. The van der Waals surface area contributed by atoms with Crippen LogP contribution in [0, 0.1) is 12.8 Å². The van der Waals surface area contributed by atoms with Crippen molar-refractivity contribution >= 4 is 35.4 Å². The number of nitrogens with one attached hydrogen (secondary N) is 3. The number of carbonyl (C=O) groups excluding carboxylic acids is 6. The van der Waals surface area contributed by atoms with Gasteiger partial charge in [-0.2, -0.15) is 0 Å². The van der Waals surface area contributed by atoms with Crippen LogP contribution in [-0.4, -0.2) is 127 Å². The number of ketones is 1. The molecule has 4 amide bonds. The smallest absolute Gasteiger partial charge is 0.320 e. The van der Waals surface area contributed by atoms with Crippen molar-refractivity contribution < 1.29 is 47.5 Å². The van der Waals surface area contributed by atoms with Gasteiger partial charge in [-0.05, 0) is 51.5 Å². The number of hydrogen-bond donors (Lipinski definition) is 3. The largest absolute Gasteiger partial charge is 0.456 e. The zero-order chi connectivity index (χ0) is 44.4. The highest BCUT2D eigenvalue weighted by Gasteiger charge is 2.50. The third-order valence-corrected chi connectivity index (χ3v) is 10.2. The molecule has 6 rings (SSSR count). The quantitative estimate of drug-likeness (QED) is 0.133. The van der Waals surface area contributed by atoms with Crippen LogP contribution in [0.25, 0.3) is 0 Å². The lowest BCUT2D eigenvalue weighted by Crippen LogP contribution is -2.51. The standard InChI is InChI=1S/C30H44N6O10.C8H10.C7H8/c1-18(2)9-22(28(41)30(4)17-45-30)32-26(39)14-36-19(3)10-23(29(36)42)33-25(38)13-31-24(37)12-20-11-21(46-34-20)16-44-27(40)15-35-5-7-43-8-6-35;1-2-8-6-4-3-5-7-8;1-7-5-3-2-4-6-7/h11,18-19,22-23H,5-10,12-17H2,1-4H3,(H,31,37)(H,32,39)(H,33,38);3-7H,2H2,1H3;2-6H,1H3/t19?,22-,23-,30?;;/m0../s1. The number of carbonyl (C=O) groups is 6. The zero-order valence-corrected chi connectivity index (χ0v) is 36.3. The predicted molar refractivity (Wildman–Crippen MR) is 226 cm³/mol. The van der Waals surface area contributed by atoms with Gasteiger partial charge >= 0.3 is 5.97 Å². The average Bonchev–Trinajstić information content (AvgIpc) is 3.75. The molecule has 3 saturated heterocycles. The molecular weight excluding hydrogens is 785 g/mol. The molecule has 3 aliphatic rings. The van der Waals surface area contributed by atoms with Crippen molar-refractivity contribution in [3.05, 3.63) is 89.3 Å². The Kier molecular flexibility index (Phi) is 19.1. The van der Waals surface area contributed by atoms with E-state index in [2.05, 4.69) is 71.4 Å². The molecule has 2 unspecified atom stereocenters. The molecule has 61 heavy (non-hydrogen) atoms. The average molecular weight is 847 g/mol. The van der Waals surface area contributed by atoms with Gasteiger partial charge in [-0.15, -0.1) is 0 Å². The lowest BCUT2D eigenvalue weighted by molar-refractivity contribution is -0.148. The van der Waals surface area contributed by atoms with Gasteiger partial charge in [0.15, 0.2) is 18.2 Å². The summed E-state index contributed by atoms with van der Waals surface area (Å²) < 4.78 is 20.9. The molecule has 4 atom stereocenters. The molecule has 16 heteroatoms. The maximum atomic E-state index is 13.0. The number of morpholine rings is 1. The summed E-state index contributed by atoms with van der Waals surface area (Å²) in [6.07, 6.45) is 1.69. The number of rotatable bonds is 17. The Morgan fingerprint density at radius 2 is 1.61 bits per heavy atom. The molecule has 3 N–H and O–H groups in total. The molecule has 0 spiro atoms. The van der Waals surface area contributed by atoms with Crippen LogP contribution in [-0.2, 0) is 62.4 Å². The summed E-state index contributed by atoms with van der Waals surface area (Å²) in [5.74, 6) is -2.13. The van der Waals surface area contributed by atoms with Crippen molar-refractivity contribution in [1.82, 2.24) is 30.9 Å². The van der Waals surface area contributed by atoms with Gasteiger partial charge in [-0.1, -0.05) is 92.2 Å². The molecule has 332 valence electrons. The van der Waals surface area contributed by atoms with Crippen molar-refractivity contribution in [2.45, 2.75) is 97.6 Å². The molecular formula is C45H62N6O10. The fourth-order valence-corrected chi connectivity index (χ4v) is 6.60. The minimum absolute atomic E-state index is 0.127. The number of benzene rings is 2. The summed E-state index contributed by atoms with van der Waals surface area (Å²) in [7, 11) is 0. The van der Waals surface area contributed by atoms with Crippen LogP contribution in [0.4, 0.5) is 0 Å². The SMILES string of the molecule is CC(C)C[C@H](NC(=O)CN1C(=O)[C@@H](NC(=O)CNC(=O)Cc2cc(COC(=O)CN3CCOCC3)on2)CC1C)C(=O)C1(C)CO1.CCc1ccccc1.Cc1ccccc1. The minimum atomic E-state index is -0.883. The number of esters is 1. The Balaban J connectivity index is 0.000000454. The molecule has 2 aromatic carbocycles. The van der Waals surface area contributed by atoms with E-state index in [1.54, 1.807) is 13.8 Å². The van der Waals surface area contributed by atoms with Crippen molar-refractivity contribution in [1.29, 1.82) is 0 Å². The first-order valence-electron chi connectivity index (χ1n) is 21.0. The summed E-state index contributed by atoms with van der Waals surface area (Å²) in [6.45, 7) is 13.8. The van der Waals surface area contributed by atoms with Crippen LogP contribution in [0.1, 0.15) is 70.0 Å². The zero-order valence-electron chi connectivity index (χ0n) is 36.3. The first-order chi connectivity index (χ1) is 29.1. The van der Waals surface area contributed by atoms with Crippen LogP contribution < -0.4 is 16.0 Å². The highest BCUT2D eigenvalue weighted by Crippen LogP contribution is 2.29. The van der Waals surface area contributed by atoms with Gasteiger partial charge in [-0.25, -0.2) is 0 Å². The van der Waals surface area contributed by atoms with Crippen molar-refractivity contribution in [3.63, 3.8) is 0 Å². The molecule has 3 aliphatic heterocycles. The van der Waals surface area contributed by atoms with Gasteiger partial charge in [0.25, 0.3) is 0 Å². The Morgan fingerprint density at radius 1 is 0.951 bits per heavy atom. The lowest BCUT2D eigenvalue weighted by Gasteiger charge is -2.25. The number of nitrogens with zero attached hydrogens (tertiary/aromatic N) is 3. The van der Waals surface area contributed by atoms with E-state index in [9.17, 15) is 28.8 Å². The molecule has 3 aromatic rings. The molecule has 0 radical (unpaired) electrons. The van der Waals surface area contributed by atoms with Crippen LogP contribution in [0.2, 0.25) is 0 Å². The first kappa shape index (κ1) is 48.2. The third kappa shape index (κ3) is 16.9. The number of aromatic nitrogens is 1. The molecule has 0 saturated carbocycles. The number of likely N-dealkylation sites (tertiary alicyclic amines) is 1. The fraction of sp³-hybridized carbons (Fsp3) is 0.533. The van der Waals surface area contributed by atoms with Crippen LogP contribution in [0.15, 0.2) is 71.3 Å². The second kappa shape index (κ2) is 24.1. The van der Waals surface area contributed by atoms with Crippen LogP contribution >= 0.6 is 0 Å². The number of amides is 4. The maximum Gasteiger partial charge on any atom is 0.320 e. The van der Waals surface area contributed by atoms with E-state index in [4.69, 9.17) is 18.7 Å². The molecule has 16 nitrogen and oxygen atoms in total. The number of Topliss-reactive ketones (excluding diaryl/α,β-unsaturated/α-hetero) is 1. The van der Waals surface area contributed by atoms with Gasteiger partial charge in [-0.3, -0.25) is 33.7 Å². The fourth-order valence-electron chi connectivity index (χ4n) is 6.60. The van der Waals surface area contributed by atoms with E-state index in [-0.39, 0.29) is 62.6 Å². The minimum Gasteiger partial charge on any atom is -0.456 e. The number of hydrogen-bond acceptors (Lipinski definition) is 12. The van der Waals surface area contributed by atoms with Crippen molar-refractivity contribution in [2.75, 3.05) is 52.5 Å². The topological polar surface area (TPSA) is 202 Å². The monoisotopic (exact) mass is 846 g/mol. The van der Waals surface area contributed by atoms with Crippen molar-refractivity contribution in [2.24, 2.45) is 5.92 Å². The van der Waals surface area contributed by atoms with E-state index in [0.29, 0.717) is 45.0 Å². The van der Waals surface area contributed by atoms with E-state index in [0.717, 1.165) is 6.42 Å². The summed E-state index contributed by atoms with van der Waals surface area (Å²) in [6, 6.07) is 20.3. The van der Waals surface area contributed by atoms with E-state index >= 15 is 0 Å². The second-order valence-corrected chi connectivity index (χ2v) is 16.1. The Bertz CT molecular complexity index is 1880. The van der Waals surface area contributed by atoms with E-state index in [1.807, 2.05) is 43.0 Å². The van der Waals surface area contributed by atoms with Crippen molar-refractivity contribution in [3.8, 4) is 0 Å². The normalized spacial score (nSPS) is 20.0. The Labute approximate surface area is 358 Å². The summed E-state index contributed by atoms with van der Waals surface area (Å²) >= 11 is 0. The van der Waals surface area contributed by atoms with E-state index < -0.39 is 47.3 Å². The third-order valence-electron chi connectivity index (χ3n) is 10.2. The summed E-state index contributed by atoms with van der Waals surface area (Å²) in [4.78, 5) is 79.0. The highest BCUT2D eigenvalue weighted by molar-refractivity contribution is 5.98. The van der Waals surface area contributed by atoms with Gasteiger partial charge in [0.1, 0.15) is 11.6 Å². The number of ether oxygens (including phenoxy) is 3. The first-order valence-corrected chi connectivity index (χ1v) is 21.0. The van der Waals surface area contributed by atoms with E-state index in [1.165, 1.54) is 22.1 Å². The van der Waals surface area contributed by atoms with Crippen LogP contribution in [0.5, 0.6) is 0 Å². The highest BCUT2D eigenvalue weighted by atomic mass is 16.6. The maximum absolute atomic E-state index is 13.0. The lowest BCUT2D eigenvalue weighted by atomic mass is 9.93. The Hall–Kier alpha value is -5.45. The Morgan fingerprint density at radius 3 is 2.18 bits per heavy atom. The van der Waals surface area contributed by atoms with Gasteiger partial charge < -0.3 is 39.6 Å². The predicted octanol–water partition coefficient (Wildman–Crippen LogP) is 2.95. The number of aryl methyl sites for hydroxylation is 2. The number of epoxide rings is 1. The second-order valence-electron chi connectivity index (χ2n) is 16.1. The van der Waals surface area contributed by atoms with Gasteiger partial charge in [0.05, 0.1) is 57.6 Å². The summed E-state index contributed by atoms with van der Waals surface area (Å²) in [5, 5.41) is 11.7. The van der Waals surface area contributed by atoms with Crippen LogP contribution in [0.3, 0.4) is 0 Å².